The normalized spacial score (nSPS) is 15.6. The van der Waals surface area contributed by atoms with Gasteiger partial charge in [0.1, 0.15) is 5.69 Å². The fraction of sp³-hybridized carbons (Fsp3) is 0.400. The van der Waals surface area contributed by atoms with E-state index >= 15 is 0 Å². The predicted octanol–water partition coefficient (Wildman–Crippen LogP) is 4.94. The van der Waals surface area contributed by atoms with Crippen LogP contribution in [-0.4, -0.2) is 20.7 Å². The lowest BCUT2D eigenvalue weighted by atomic mass is 9.81. The lowest BCUT2D eigenvalue weighted by Crippen LogP contribution is -2.18. The van der Waals surface area contributed by atoms with Gasteiger partial charge in [-0.15, -0.1) is 11.3 Å². The van der Waals surface area contributed by atoms with Gasteiger partial charge < -0.3 is 5.32 Å². The number of nitrogens with one attached hydrogen (secondary N) is 1. The highest BCUT2D eigenvalue weighted by atomic mass is 32.1. The van der Waals surface area contributed by atoms with E-state index < -0.39 is 0 Å². The number of hydrogen-bond donors (Lipinski definition) is 1. The molecule has 1 aliphatic rings. The second-order valence-corrected chi connectivity index (χ2v) is 7.92. The summed E-state index contributed by atoms with van der Waals surface area (Å²) in [4.78, 5) is 26.5. The molecule has 0 amide bonds. The Kier molecular flexibility index (Phi) is 4.68. The number of fused-ring (bicyclic) bond motifs is 1. The summed E-state index contributed by atoms with van der Waals surface area (Å²) >= 11 is 1.56. The van der Waals surface area contributed by atoms with E-state index in [4.69, 9.17) is 0 Å². The summed E-state index contributed by atoms with van der Waals surface area (Å²) in [5, 5.41) is 5.36. The molecule has 3 heterocycles. The number of carbonyl (C=O) groups excluding carboxylic acids is 1. The molecule has 26 heavy (non-hydrogen) atoms. The van der Waals surface area contributed by atoms with Crippen LogP contribution in [-0.2, 0) is 0 Å². The van der Waals surface area contributed by atoms with E-state index in [0.29, 0.717) is 24.0 Å². The van der Waals surface area contributed by atoms with Crippen molar-refractivity contribution in [3.8, 4) is 0 Å². The molecule has 0 aromatic carbocycles. The van der Waals surface area contributed by atoms with Gasteiger partial charge in [0.05, 0.1) is 22.0 Å². The summed E-state index contributed by atoms with van der Waals surface area (Å²) in [6, 6.07) is 5.78. The molecule has 1 saturated carbocycles. The van der Waals surface area contributed by atoms with E-state index in [1.54, 1.807) is 17.5 Å². The molecule has 6 heteroatoms. The van der Waals surface area contributed by atoms with Crippen molar-refractivity contribution in [1.82, 2.24) is 15.0 Å². The van der Waals surface area contributed by atoms with Crippen LogP contribution in [0.3, 0.4) is 0 Å². The molecule has 5 nitrogen and oxygen atoms in total. The minimum Gasteiger partial charge on any atom is -0.346 e. The molecular weight excluding hydrogens is 344 g/mol. The van der Waals surface area contributed by atoms with Crippen LogP contribution in [0.4, 0.5) is 5.95 Å². The van der Waals surface area contributed by atoms with E-state index in [0.717, 1.165) is 34.3 Å². The molecule has 1 aliphatic carbocycles. The van der Waals surface area contributed by atoms with Crippen LogP contribution in [0.2, 0.25) is 0 Å². The molecule has 0 radical (unpaired) electrons. The third-order valence-electron chi connectivity index (χ3n) is 5.03. The molecule has 0 bridgehead atoms. The summed E-state index contributed by atoms with van der Waals surface area (Å²) in [6.07, 6.45) is 5.92. The van der Waals surface area contributed by atoms with Crippen LogP contribution < -0.4 is 5.32 Å². The standard InChI is InChI=1S/C20H22N4OS/c1-12-11-26-19-17(12)23-20(22-13(2)15-8-3-4-9-21-15)24-18(19)16(25)10-14-6-5-7-14/h3-4,8-9,11,13-14H,5-7,10H2,1-2H3,(H,22,23,24)/t13-/m0/s1. The van der Waals surface area contributed by atoms with Gasteiger partial charge in [0.15, 0.2) is 5.78 Å². The zero-order chi connectivity index (χ0) is 18.1. The smallest absolute Gasteiger partial charge is 0.224 e. The van der Waals surface area contributed by atoms with E-state index in [-0.39, 0.29) is 11.8 Å². The molecular formula is C20H22N4OS. The fourth-order valence-electron chi connectivity index (χ4n) is 3.24. The topological polar surface area (TPSA) is 67.8 Å². The van der Waals surface area contributed by atoms with Gasteiger partial charge in [-0.3, -0.25) is 9.78 Å². The van der Waals surface area contributed by atoms with Crippen molar-refractivity contribution in [2.24, 2.45) is 5.92 Å². The highest BCUT2D eigenvalue weighted by Gasteiger charge is 2.25. The van der Waals surface area contributed by atoms with Crippen molar-refractivity contribution < 1.29 is 4.79 Å². The highest BCUT2D eigenvalue weighted by Crippen LogP contribution is 2.33. The maximum Gasteiger partial charge on any atom is 0.224 e. The zero-order valence-corrected chi connectivity index (χ0v) is 15.8. The maximum atomic E-state index is 12.9. The van der Waals surface area contributed by atoms with Gasteiger partial charge in [0.25, 0.3) is 0 Å². The molecule has 0 spiro atoms. The van der Waals surface area contributed by atoms with Crippen LogP contribution in [0.25, 0.3) is 10.2 Å². The molecule has 4 rings (SSSR count). The number of Topliss-reactive ketones (excluding diaryl/α,β-unsaturated/α-hetero) is 1. The van der Waals surface area contributed by atoms with Gasteiger partial charge in [-0.2, -0.15) is 0 Å². The number of nitrogens with zero attached hydrogens (tertiary/aromatic N) is 3. The Labute approximate surface area is 156 Å². The van der Waals surface area contributed by atoms with E-state index in [2.05, 4.69) is 20.3 Å². The summed E-state index contributed by atoms with van der Waals surface area (Å²) in [6.45, 7) is 4.05. The zero-order valence-electron chi connectivity index (χ0n) is 15.0. The first-order valence-corrected chi connectivity index (χ1v) is 9.96. The second kappa shape index (κ2) is 7.11. The molecule has 3 aromatic rings. The molecule has 0 unspecified atom stereocenters. The van der Waals surface area contributed by atoms with Crippen molar-refractivity contribution in [1.29, 1.82) is 0 Å². The van der Waals surface area contributed by atoms with Crippen LogP contribution in [0, 0.1) is 12.8 Å². The minimum absolute atomic E-state index is 0.0397. The first-order chi connectivity index (χ1) is 12.6. The van der Waals surface area contributed by atoms with Gasteiger partial charge in [-0.25, -0.2) is 9.97 Å². The molecule has 0 aliphatic heterocycles. The summed E-state index contributed by atoms with van der Waals surface area (Å²) in [5.74, 6) is 1.16. The van der Waals surface area contributed by atoms with Gasteiger partial charge >= 0.3 is 0 Å². The fourth-order valence-corrected chi connectivity index (χ4v) is 4.24. The molecule has 0 saturated heterocycles. The number of aromatic nitrogens is 3. The third-order valence-corrected chi connectivity index (χ3v) is 6.13. The average Bonchev–Trinajstić information content (AvgIpc) is 2.99. The predicted molar refractivity (Wildman–Crippen MR) is 105 cm³/mol. The summed E-state index contributed by atoms with van der Waals surface area (Å²) in [7, 11) is 0. The number of carbonyl (C=O) groups is 1. The van der Waals surface area contributed by atoms with Crippen molar-refractivity contribution in [2.75, 3.05) is 5.32 Å². The van der Waals surface area contributed by atoms with Crippen molar-refractivity contribution >= 4 is 33.3 Å². The van der Waals surface area contributed by atoms with Gasteiger partial charge in [-0.1, -0.05) is 25.3 Å². The average molecular weight is 366 g/mol. The Balaban J connectivity index is 1.66. The number of hydrogen-bond acceptors (Lipinski definition) is 6. The first kappa shape index (κ1) is 17.1. The van der Waals surface area contributed by atoms with E-state index in [1.165, 1.54) is 6.42 Å². The van der Waals surface area contributed by atoms with Crippen LogP contribution in [0.15, 0.2) is 29.8 Å². The van der Waals surface area contributed by atoms with Crippen molar-refractivity contribution in [3.05, 3.63) is 46.7 Å². The largest absolute Gasteiger partial charge is 0.346 e. The Hall–Kier alpha value is -2.34. The quantitative estimate of drug-likeness (QED) is 0.626. The highest BCUT2D eigenvalue weighted by molar-refractivity contribution is 7.17. The maximum absolute atomic E-state index is 12.9. The number of thiophene rings is 1. The lowest BCUT2D eigenvalue weighted by Gasteiger charge is -2.24. The van der Waals surface area contributed by atoms with Crippen LogP contribution >= 0.6 is 11.3 Å². The van der Waals surface area contributed by atoms with Crippen LogP contribution in [0.5, 0.6) is 0 Å². The summed E-state index contributed by atoms with van der Waals surface area (Å²) in [5.41, 5.74) is 3.44. The summed E-state index contributed by atoms with van der Waals surface area (Å²) < 4.78 is 0.905. The molecule has 1 fully saturated rings. The number of pyridine rings is 1. The SMILES string of the molecule is Cc1csc2c(C(=O)CC3CCC3)nc(N[C@@H](C)c3ccccn3)nc12. The van der Waals surface area contributed by atoms with E-state index in [9.17, 15) is 4.79 Å². The number of aryl methyl sites for hydroxylation is 1. The van der Waals surface area contributed by atoms with E-state index in [1.807, 2.05) is 37.4 Å². The Morgan fingerprint density at radius 1 is 1.35 bits per heavy atom. The van der Waals surface area contributed by atoms with Gasteiger partial charge in [0, 0.05) is 12.6 Å². The Morgan fingerprint density at radius 2 is 2.19 bits per heavy atom. The third kappa shape index (κ3) is 3.33. The molecule has 3 aromatic heterocycles. The number of rotatable bonds is 6. The lowest BCUT2D eigenvalue weighted by molar-refractivity contribution is 0.0933. The van der Waals surface area contributed by atoms with Crippen molar-refractivity contribution in [3.63, 3.8) is 0 Å². The van der Waals surface area contributed by atoms with Gasteiger partial charge in [0.2, 0.25) is 5.95 Å². The second-order valence-electron chi connectivity index (χ2n) is 7.04. The Bertz CT molecular complexity index is 934. The molecule has 1 atom stereocenters. The molecule has 134 valence electrons. The minimum atomic E-state index is -0.0397. The Morgan fingerprint density at radius 3 is 2.88 bits per heavy atom. The molecule has 1 N–H and O–H groups in total. The van der Waals surface area contributed by atoms with Gasteiger partial charge in [-0.05, 0) is 42.8 Å². The van der Waals surface area contributed by atoms with Crippen molar-refractivity contribution in [2.45, 2.75) is 45.6 Å². The first-order valence-electron chi connectivity index (χ1n) is 9.08. The van der Waals surface area contributed by atoms with Crippen LogP contribution in [0.1, 0.15) is 60.4 Å². The number of ketones is 1. The number of anilines is 1. The monoisotopic (exact) mass is 366 g/mol.